The van der Waals surface area contributed by atoms with Crippen LogP contribution in [0.5, 0.6) is 0 Å². The van der Waals surface area contributed by atoms with E-state index in [1.807, 2.05) is 18.0 Å². The molecule has 0 bridgehead atoms. The van der Waals surface area contributed by atoms with Crippen molar-refractivity contribution in [1.29, 1.82) is 0 Å². The molecule has 5 nitrogen and oxygen atoms in total. The summed E-state index contributed by atoms with van der Waals surface area (Å²) in [5.41, 5.74) is 1.21. The number of benzene rings is 1. The molecule has 2 heterocycles. The number of halogens is 3. The fraction of sp³-hybridized carbons (Fsp3) is 0.375. The molecule has 0 saturated carbocycles. The number of piperidine rings is 1. The number of hydrogen-bond acceptors (Lipinski definition) is 3. The van der Waals surface area contributed by atoms with Crippen molar-refractivity contribution in [2.24, 2.45) is 0 Å². The van der Waals surface area contributed by atoms with Crippen molar-refractivity contribution >= 4 is 41.5 Å². The number of rotatable bonds is 3. The third-order valence-electron chi connectivity index (χ3n) is 4.09. The second-order valence-electron chi connectivity index (χ2n) is 5.62. The van der Waals surface area contributed by atoms with E-state index in [1.165, 1.54) is 0 Å². The molecule has 1 aliphatic heterocycles. The second kappa shape index (κ2) is 8.21. The first-order valence-electron chi connectivity index (χ1n) is 7.56. The summed E-state index contributed by atoms with van der Waals surface area (Å²) in [6, 6.07) is 7.33. The largest absolute Gasteiger partial charge is 0.336 e. The molecule has 1 aliphatic rings. The van der Waals surface area contributed by atoms with Crippen molar-refractivity contribution in [3.63, 3.8) is 0 Å². The van der Waals surface area contributed by atoms with Crippen LogP contribution in [0.15, 0.2) is 30.5 Å². The van der Waals surface area contributed by atoms with Crippen LogP contribution < -0.4 is 5.32 Å². The van der Waals surface area contributed by atoms with E-state index in [2.05, 4.69) is 10.4 Å². The van der Waals surface area contributed by atoms with Gasteiger partial charge in [0, 0.05) is 25.3 Å². The van der Waals surface area contributed by atoms with E-state index in [0.29, 0.717) is 21.8 Å². The monoisotopic (exact) mass is 388 g/mol. The number of likely N-dealkylation sites (tertiary alicyclic amines) is 1. The van der Waals surface area contributed by atoms with Gasteiger partial charge in [0.25, 0.3) is 5.91 Å². The molecule has 8 heteroatoms. The van der Waals surface area contributed by atoms with Crippen molar-refractivity contribution in [2.75, 3.05) is 20.1 Å². The highest BCUT2D eigenvalue weighted by atomic mass is 35.5. The molecule has 1 saturated heterocycles. The fourth-order valence-electron chi connectivity index (χ4n) is 2.77. The van der Waals surface area contributed by atoms with E-state index in [9.17, 15) is 4.79 Å². The van der Waals surface area contributed by atoms with E-state index in [0.717, 1.165) is 31.6 Å². The Labute approximate surface area is 157 Å². The summed E-state index contributed by atoms with van der Waals surface area (Å²) in [4.78, 5) is 14.5. The Kier molecular flexibility index (Phi) is 6.52. The third-order valence-corrected chi connectivity index (χ3v) is 4.83. The van der Waals surface area contributed by atoms with Gasteiger partial charge in [-0.3, -0.25) is 4.79 Å². The molecule has 130 valence electrons. The van der Waals surface area contributed by atoms with E-state index >= 15 is 0 Å². The summed E-state index contributed by atoms with van der Waals surface area (Å²) in [6.45, 7) is 1.49. The highest BCUT2D eigenvalue weighted by Crippen LogP contribution is 2.24. The molecule has 24 heavy (non-hydrogen) atoms. The highest BCUT2D eigenvalue weighted by molar-refractivity contribution is 6.42. The minimum Gasteiger partial charge on any atom is -0.336 e. The van der Waals surface area contributed by atoms with E-state index in [1.54, 1.807) is 29.1 Å². The molecule has 1 fully saturated rings. The Bertz CT molecular complexity index is 719. The van der Waals surface area contributed by atoms with Crippen LogP contribution in [-0.2, 0) is 0 Å². The smallest absolute Gasteiger partial charge is 0.274 e. The Balaban J connectivity index is 0.00000208. The fourth-order valence-corrected chi connectivity index (χ4v) is 3.06. The van der Waals surface area contributed by atoms with Gasteiger partial charge in [-0.25, -0.2) is 4.68 Å². The third kappa shape index (κ3) is 4.03. The van der Waals surface area contributed by atoms with Gasteiger partial charge >= 0.3 is 0 Å². The predicted molar refractivity (Wildman–Crippen MR) is 98.8 cm³/mol. The molecule has 3 rings (SSSR count). The molecule has 0 aliphatic carbocycles. The number of likely N-dealkylation sites (N-methyl/N-ethyl adjacent to an activating group) is 1. The topological polar surface area (TPSA) is 50.2 Å². The molecule has 1 aromatic carbocycles. The van der Waals surface area contributed by atoms with Crippen LogP contribution in [0.25, 0.3) is 5.69 Å². The van der Waals surface area contributed by atoms with Crippen molar-refractivity contribution in [1.82, 2.24) is 20.0 Å². The summed E-state index contributed by atoms with van der Waals surface area (Å²) in [7, 11) is 1.93. The lowest BCUT2D eigenvalue weighted by Gasteiger charge is -2.32. The zero-order chi connectivity index (χ0) is 16.4. The van der Waals surface area contributed by atoms with Crippen LogP contribution >= 0.6 is 35.6 Å². The van der Waals surface area contributed by atoms with Crippen molar-refractivity contribution in [3.05, 3.63) is 46.2 Å². The zero-order valence-corrected chi connectivity index (χ0v) is 15.5. The molecular weight excluding hydrogens is 371 g/mol. The first-order valence-corrected chi connectivity index (χ1v) is 8.31. The molecule has 1 unspecified atom stereocenters. The number of nitrogens with one attached hydrogen (secondary N) is 1. The quantitative estimate of drug-likeness (QED) is 0.875. The van der Waals surface area contributed by atoms with Gasteiger partial charge in [0.1, 0.15) is 0 Å². The Morgan fingerprint density at radius 1 is 1.29 bits per heavy atom. The molecule has 0 radical (unpaired) electrons. The summed E-state index contributed by atoms with van der Waals surface area (Å²) in [5.74, 6) is -0.0382. The van der Waals surface area contributed by atoms with E-state index in [4.69, 9.17) is 23.2 Å². The summed E-state index contributed by atoms with van der Waals surface area (Å²) in [5, 5.41) is 8.57. The lowest BCUT2D eigenvalue weighted by molar-refractivity contribution is 0.0691. The lowest BCUT2D eigenvalue weighted by atomic mass is 10.1. The first kappa shape index (κ1) is 19.1. The number of carbonyl (C=O) groups is 1. The molecule has 2 aromatic rings. The summed E-state index contributed by atoms with van der Waals surface area (Å²) >= 11 is 12.0. The maximum Gasteiger partial charge on any atom is 0.274 e. The molecule has 1 amide bonds. The van der Waals surface area contributed by atoms with Gasteiger partial charge in [0.15, 0.2) is 5.69 Å². The number of nitrogens with zero attached hydrogens (tertiary/aromatic N) is 3. The minimum atomic E-state index is -0.0382. The summed E-state index contributed by atoms with van der Waals surface area (Å²) < 4.78 is 1.63. The van der Waals surface area contributed by atoms with Gasteiger partial charge < -0.3 is 10.2 Å². The Morgan fingerprint density at radius 2 is 2.08 bits per heavy atom. The van der Waals surface area contributed by atoms with E-state index in [-0.39, 0.29) is 18.3 Å². The molecule has 1 aromatic heterocycles. The predicted octanol–water partition coefficient (Wildman–Crippen LogP) is 3.42. The van der Waals surface area contributed by atoms with Crippen LogP contribution in [0, 0.1) is 0 Å². The Hall–Kier alpha value is -1.27. The van der Waals surface area contributed by atoms with E-state index < -0.39 is 0 Å². The summed E-state index contributed by atoms with van der Waals surface area (Å²) in [6.07, 6.45) is 3.86. The molecule has 1 N–H and O–H groups in total. The minimum absolute atomic E-state index is 0. The first-order chi connectivity index (χ1) is 11.1. The van der Waals surface area contributed by atoms with Gasteiger partial charge in [-0.2, -0.15) is 5.10 Å². The van der Waals surface area contributed by atoms with Crippen molar-refractivity contribution < 1.29 is 4.79 Å². The van der Waals surface area contributed by atoms with Crippen molar-refractivity contribution in [3.8, 4) is 5.69 Å². The Morgan fingerprint density at radius 3 is 2.79 bits per heavy atom. The van der Waals surface area contributed by atoms with Crippen LogP contribution in [-0.4, -0.2) is 46.8 Å². The highest BCUT2D eigenvalue weighted by Gasteiger charge is 2.25. The van der Waals surface area contributed by atoms with Gasteiger partial charge in [0.2, 0.25) is 0 Å². The van der Waals surface area contributed by atoms with Gasteiger partial charge in [0.05, 0.1) is 15.7 Å². The van der Waals surface area contributed by atoms with Crippen LogP contribution in [0.3, 0.4) is 0 Å². The maximum atomic E-state index is 12.6. The second-order valence-corrected chi connectivity index (χ2v) is 6.44. The zero-order valence-electron chi connectivity index (χ0n) is 13.2. The SMILES string of the molecule is CNC1CCCN(C(=O)c2ccn(-c3ccc(Cl)c(Cl)c3)n2)C1.Cl. The lowest BCUT2D eigenvalue weighted by Crippen LogP contribution is -2.47. The molecule has 0 spiro atoms. The van der Waals surface area contributed by atoms with Crippen LogP contribution in [0.2, 0.25) is 10.0 Å². The number of aromatic nitrogens is 2. The normalized spacial score (nSPS) is 17.5. The number of amides is 1. The van der Waals surface area contributed by atoms with Crippen molar-refractivity contribution in [2.45, 2.75) is 18.9 Å². The average Bonchev–Trinajstić information content (AvgIpc) is 3.06. The van der Waals surface area contributed by atoms with Crippen LogP contribution in [0.4, 0.5) is 0 Å². The van der Waals surface area contributed by atoms with Crippen LogP contribution in [0.1, 0.15) is 23.3 Å². The molecule has 1 atom stereocenters. The average molecular weight is 390 g/mol. The van der Waals surface area contributed by atoms with Gasteiger partial charge in [-0.1, -0.05) is 23.2 Å². The number of carbonyl (C=O) groups excluding carboxylic acids is 1. The van der Waals surface area contributed by atoms with Gasteiger partial charge in [-0.15, -0.1) is 12.4 Å². The molecular formula is C16H19Cl3N4O. The standard InChI is InChI=1S/C16H18Cl2N4O.ClH/c1-19-11-3-2-7-21(10-11)16(23)15-6-8-22(20-15)12-4-5-13(17)14(18)9-12;/h4-6,8-9,11,19H,2-3,7,10H2,1H3;1H. The number of hydrogen-bond donors (Lipinski definition) is 1. The van der Waals surface area contributed by atoms with Gasteiger partial charge in [-0.05, 0) is 44.2 Å². The maximum absolute atomic E-state index is 12.6.